The molecule has 2 atom stereocenters. The molecule has 1 aromatic heterocycles. The zero-order valence-electron chi connectivity index (χ0n) is 17.0. The van der Waals surface area contributed by atoms with E-state index in [4.69, 9.17) is 9.97 Å². The lowest BCUT2D eigenvalue weighted by atomic mass is 9.96. The number of piperidine rings is 1. The Hall–Kier alpha value is -2.27. The molecule has 0 radical (unpaired) electrons. The maximum Gasteiger partial charge on any atom is 0.219 e. The van der Waals surface area contributed by atoms with Crippen molar-refractivity contribution in [3.63, 3.8) is 0 Å². The Kier molecular flexibility index (Phi) is 5.72. The van der Waals surface area contributed by atoms with Crippen LogP contribution >= 0.6 is 0 Å². The monoisotopic (exact) mass is 378 g/mol. The second-order valence-corrected chi connectivity index (χ2v) is 8.30. The van der Waals surface area contributed by atoms with Gasteiger partial charge in [-0.1, -0.05) is 37.3 Å². The number of nitrogens with zero attached hydrogens (tertiary/aromatic N) is 4. The summed E-state index contributed by atoms with van der Waals surface area (Å²) in [7, 11) is 0. The second-order valence-electron chi connectivity index (χ2n) is 8.30. The first-order valence-corrected chi connectivity index (χ1v) is 10.5. The van der Waals surface area contributed by atoms with Crippen LogP contribution in [0.3, 0.4) is 0 Å². The molecule has 0 N–H and O–H groups in total. The quantitative estimate of drug-likeness (QED) is 0.819. The predicted octanol–water partition coefficient (Wildman–Crippen LogP) is 3.36. The average molecular weight is 379 g/mol. The van der Waals surface area contributed by atoms with E-state index in [-0.39, 0.29) is 11.8 Å². The number of hydrogen-bond donors (Lipinski definition) is 0. The number of hydrogen-bond acceptors (Lipinski definition) is 4. The van der Waals surface area contributed by atoms with Crippen LogP contribution in [0.2, 0.25) is 0 Å². The highest BCUT2D eigenvalue weighted by Gasteiger charge is 2.27. The lowest BCUT2D eigenvalue weighted by molar-refractivity contribution is -0.130. The van der Waals surface area contributed by atoms with Gasteiger partial charge in [0, 0.05) is 69.4 Å². The van der Waals surface area contributed by atoms with Gasteiger partial charge in [0.05, 0.1) is 0 Å². The van der Waals surface area contributed by atoms with Crippen LogP contribution in [-0.4, -0.2) is 51.9 Å². The van der Waals surface area contributed by atoms with E-state index >= 15 is 0 Å². The zero-order chi connectivity index (χ0) is 19.5. The summed E-state index contributed by atoms with van der Waals surface area (Å²) >= 11 is 0. The van der Waals surface area contributed by atoms with Crippen LogP contribution < -0.4 is 0 Å². The molecule has 2 aromatic rings. The molecule has 0 spiro atoms. The predicted molar refractivity (Wildman–Crippen MR) is 110 cm³/mol. The molecule has 4 rings (SSSR count). The third kappa shape index (κ3) is 4.25. The van der Waals surface area contributed by atoms with Gasteiger partial charge in [0.25, 0.3) is 0 Å². The molecule has 0 aliphatic carbocycles. The molecule has 1 aromatic carbocycles. The Morgan fingerprint density at radius 2 is 2.07 bits per heavy atom. The van der Waals surface area contributed by atoms with Crippen LogP contribution in [0.4, 0.5) is 0 Å². The van der Waals surface area contributed by atoms with Crippen molar-refractivity contribution in [2.75, 3.05) is 26.2 Å². The van der Waals surface area contributed by atoms with Gasteiger partial charge in [0.2, 0.25) is 5.91 Å². The third-order valence-electron chi connectivity index (χ3n) is 6.16. The number of fused-ring (bicyclic) bond motifs is 1. The van der Waals surface area contributed by atoms with Crippen molar-refractivity contribution < 1.29 is 4.79 Å². The smallest absolute Gasteiger partial charge is 0.219 e. The summed E-state index contributed by atoms with van der Waals surface area (Å²) in [4.78, 5) is 25.8. The summed E-state index contributed by atoms with van der Waals surface area (Å²) in [5.74, 6) is 1.88. The zero-order valence-corrected chi connectivity index (χ0v) is 17.0. The van der Waals surface area contributed by atoms with Gasteiger partial charge in [0.15, 0.2) is 0 Å². The highest BCUT2D eigenvalue weighted by molar-refractivity contribution is 5.73. The molecular weight excluding hydrogens is 348 g/mol. The van der Waals surface area contributed by atoms with E-state index in [1.807, 2.05) is 11.1 Å². The molecule has 2 aliphatic rings. The first-order valence-electron chi connectivity index (χ1n) is 10.5. The Morgan fingerprint density at radius 3 is 2.86 bits per heavy atom. The molecule has 1 fully saturated rings. The Bertz CT molecular complexity index is 823. The first kappa shape index (κ1) is 19.1. The molecule has 1 amide bonds. The van der Waals surface area contributed by atoms with Gasteiger partial charge in [-0.2, -0.15) is 0 Å². The fourth-order valence-corrected chi connectivity index (χ4v) is 4.49. The molecule has 5 nitrogen and oxygen atoms in total. The van der Waals surface area contributed by atoms with Crippen LogP contribution in [0.15, 0.2) is 36.5 Å². The van der Waals surface area contributed by atoms with Crippen molar-refractivity contribution in [2.45, 2.75) is 51.5 Å². The fraction of sp³-hybridized carbons (Fsp3) is 0.522. The van der Waals surface area contributed by atoms with Gasteiger partial charge in [-0.15, -0.1) is 0 Å². The van der Waals surface area contributed by atoms with Crippen molar-refractivity contribution in [1.29, 1.82) is 0 Å². The van der Waals surface area contributed by atoms with E-state index in [0.717, 1.165) is 57.8 Å². The number of likely N-dealkylation sites (tertiary alicyclic amines) is 1. The van der Waals surface area contributed by atoms with Crippen molar-refractivity contribution in [3.8, 4) is 0 Å². The number of aromatic nitrogens is 2. The van der Waals surface area contributed by atoms with Gasteiger partial charge in [-0.3, -0.25) is 9.69 Å². The third-order valence-corrected chi connectivity index (χ3v) is 6.16. The molecular formula is C23H30N4O. The van der Waals surface area contributed by atoms with E-state index in [0.29, 0.717) is 5.92 Å². The first-order chi connectivity index (χ1) is 13.6. The Labute approximate surface area is 167 Å². The van der Waals surface area contributed by atoms with E-state index in [1.165, 1.54) is 16.8 Å². The normalized spacial score (nSPS) is 21.2. The van der Waals surface area contributed by atoms with Crippen LogP contribution in [0.1, 0.15) is 61.2 Å². The largest absolute Gasteiger partial charge is 0.342 e. The van der Waals surface area contributed by atoms with Gasteiger partial charge in [-0.05, 0) is 24.3 Å². The number of carbonyl (C=O) groups is 1. The van der Waals surface area contributed by atoms with E-state index in [1.54, 1.807) is 6.92 Å². The Morgan fingerprint density at radius 1 is 1.25 bits per heavy atom. The summed E-state index contributed by atoms with van der Waals surface area (Å²) in [6.07, 6.45) is 5.12. The molecule has 0 saturated carbocycles. The van der Waals surface area contributed by atoms with Gasteiger partial charge in [-0.25, -0.2) is 9.97 Å². The summed E-state index contributed by atoms with van der Waals surface area (Å²) in [5, 5.41) is 0. The lowest BCUT2D eigenvalue weighted by Gasteiger charge is -2.33. The summed E-state index contributed by atoms with van der Waals surface area (Å²) < 4.78 is 0. The molecule has 3 heterocycles. The molecule has 2 unspecified atom stereocenters. The number of amides is 1. The minimum atomic E-state index is 0.158. The van der Waals surface area contributed by atoms with E-state index in [9.17, 15) is 4.79 Å². The number of rotatable bonds is 4. The number of benzene rings is 1. The molecule has 2 aliphatic heterocycles. The molecule has 5 heteroatoms. The highest BCUT2D eigenvalue weighted by Crippen LogP contribution is 2.27. The topological polar surface area (TPSA) is 49.3 Å². The van der Waals surface area contributed by atoms with Crippen molar-refractivity contribution in [3.05, 3.63) is 59.2 Å². The van der Waals surface area contributed by atoms with Gasteiger partial charge < -0.3 is 4.90 Å². The van der Waals surface area contributed by atoms with Crippen LogP contribution in [0, 0.1) is 0 Å². The van der Waals surface area contributed by atoms with Crippen molar-refractivity contribution in [1.82, 2.24) is 19.8 Å². The number of carbonyl (C=O) groups excluding carboxylic acids is 1. The lowest BCUT2D eigenvalue weighted by Crippen LogP contribution is -2.38. The minimum absolute atomic E-state index is 0.158. The molecule has 0 bridgehead atoms. The molecule has 1 saturated heterocycles. The summed E-state index contributed by atoms with van der Waals surface area (Å²) in [5.41, 5.74) is 3.86. The Balaban J connectivity index is 1.41. The summed E-state index contributed by atoms with van der Waals surface area (Å²) in [6.45, 7) is 8.61. The highest BCUT2D eigenvalue weighted by atomic mass is 16.2. The van der Waals surface area contributed by atoms with Crippen LogP contribution in [-0.2, 0) is 17.8 Å². The van der Waals surface area contributed by atoms with E-state index < -0.39 is 0 Å². The maximum atomic E-state index is 11.7. The fourth-order valence-electron chi connectivity index (χ4n) is 4.49. The molecule has 148 valence electrons. The molecule has 28 heavy (non-hydrogen) atoms. The maximum absolute atomic E-state index is 11.7. The minimum Gasteiger partial charge on any atom is -0.342 e. The standard InChI is InChI=1S/C23H30N4O/c1-17(19-7-4-3-5-8-19)14-26-12-10-22-21(15-26)13-24-23(25-22)20-9-6-11-27(16-20)18(2)28/h3-5,7-8,13,17,20H,6,9-12,14-16H2,1-2H3. The SMILES string of the molecule is CC(=O)N1CCCC(c2ncc3c(n2)CCN(CC(C)c2ccccc2)C3)C1. The van der Waals surface area contributed by atoms with Gasteiger partial charge in [0.1, 0.15) is 5.82 Å². The van der Waals surface area contributed by atoms with E-state index in [2.05, 4.69) is 42.2 Å². The van der Waals surface area contributed by atoms with Crippen molar-refractivity contribution in [2.24, 2.45) is 0 Å². The van der Waals surface area contributed by atoms with Crippen LogP contribution in [0.25, 0.3) is 0 Å². The second kappa shape index (κ2) is 8.39. The van der Waals surface area contributed by atoms with Gasteiger partial charge >= 0.3 is 0 Å². The summed E-state index contributed by atoms with van der Waals surface area (Å²) in [6, 6.07) is 10.7. The van der Waals surface area contributed by atoms with Crippen LogP contribution in [0.5, 0.6) is 0 Å². The average Bonchev–Trinajstić information content (AvgIpc) is 2.74. The van der Waals surface area contributed by atoms with Crippen molar-refractivity contribution >= 4 is 5.91 Å².